The number of nitrogens with one attached hydrogen (secondary N) is 2. The highest BCUT2D eigenvalue weighted by molar-refractivity contribution is 5.84. The molecule has 3 heterocycles. The Morgan fingerprint density at radius 1 is 0.935 bits per heavy atom. The van der Waals surface area contributed by atoms with Gasteiger partial charge in [0.1, 0.15) is 0 Å². The van der Waals surface area contributed by atoms with E-state index < -0.39 is 0 Å². The molecular formula is C26H38N4O. The van der Waals surface area contributed by atoms with Gasteiger partial charge in [-0.3, -0.25) is 9.69 Å². The summed E-state index contributed by atoms with van der Waals surface area (Å²) >= 11 is 0. The minimum absolute atomic E-state index is 0.216. The molecule has 2 atom stereocenters. The third-order valence-corrected chi connectivity index (χ3v) is 7.96. The summed E-state index contributed by atoms with van der Waals surface area (Å²) in [7, 11) is 0. The highest BCUT2D eigenvalue weighted by atomic mass is 16.2. The number of para-hydroxylation sites is 1. The van der Waals surface area contributed by atoms with Crippen molar-refractivity contribution in [2.45, 2.75) is 75.8 Å². The average Bonchev–Trinajstić information content (AvgIpc) is 3.24. The average molecular weight is 423 g/mol. The number of amides is 1. The van der Waals surface area contributed by atoms with Crippen molar-refractivity contribution in [1.82, 2.24) is 20.1 Å². The Balaban J connectivity index is 1.16. The first-order valence-corrected chi connectivity index (χ1v) is 12.6. The van der Waals surface area contributed by atoms with Gasteiger partial charge in [0.2, 0.25) is 5.91 Å². The van der Waals surface area contributed by atoms with E-state index in [-0.39, 0.29) is 11.9 Å². The lowest BCUT2D eigenvalue weighted by atomic mass is 9.80. The normalized spacial score (nSPS) is 26.8. The Kier molecular flexibility index (Phi) is 6.61. The van der Waals surface area contributed by atoms with Gasteiger partial charge >= 0.3 is 0 Å². The minimum Gasteiger partial charge on any atom is -0.361 e. The Morgan fingerprint density at radius 3 is 2.55 bits per heavy atom. The van der Waals surface area contributed by atoms with Crippen LogP contribution in [0.1, 0.15) is 69.3 Å². The van der Waals surface area contributed by atoms with Crippen LogP contribution in [0.25, 0.3) is 10.9 Å². The van der Waals surface area contributed by atoms with Crippen LogP contribution in [0.15, 0.2) is 30.5 Å². The second-order valence-corrected chi connectivity index (χ2v) is 9.96. The molecule has 1 amide bonds. The molecule has 3 fully saturated rings. The summed E-state index contributed by atoms with van der Waals surface area (Å²) in [5.41, 5.74) is 2.58. The third kappa shape index (κ3) is 4.83. The SMILES string of the molecule is O=C(CN1CCC(N2CCCCC2)CC1)NC1CCCCC1c1c[nH]c2ccccc12. The van der Waals surface area contributed by atoms with Crippen LogP contribution in [0, 0.1) is 0 Å². The number of rotatable bonds is 5. The van der Waals surface area contributed by atoms with Gasteiger partial charge in [0.15, 0.2) is 0 Å². The molecule has 5 nitrogen and oxygen atoms in total. The van der Waals surface area contributed by atoms with E-state index >= 15 is 0 Å². The van der Waals surface area contributed by atoms with Crippen molar-refractivity contribution in [3.05, 3.63) is 36.0 Å². The molecule has 1 saturated carbocycles. The fourth-order valence-corrected chi connectivity index (χ4v) is 6.26. The van der Waals surface area contributed by atoms with Crippen molar-refractivity contribution < 1.29 is 4.79 Å². The van der Waals surface area contributed by atoms with Gasteiger partial charge in [-0.05, 0) is 63.2 Å². The maximum atomic E-state index is 13.0. The van der Waals surface area contributed by atoms with Crippen LogP contribution in [-0.4, -0.2) is 65.5 Å². The number of nitrogens with zero attached hydrogens (tertiary/aromatic N) is 2. The van der Waals surface area contributed by atoms with Gasteiger partial charge in [-0.1, -0.05) is 37.5 Å². The van der Waals surface area contributed by atoms with Gasteiger partial charge in [0.25, 0.3) is 0 Å². The second-order valence-electron chi connectivity index (χ2n) is 9.96. The smallest absolute Gasteiger partial charge is 0.234 e. The highest BCUT2D eigenvalue weighted by Gasteiger charge is 2.31. The Morgan fingerprint density at radius 2 is 1.71 bits per heavy atom. The number of aromatic amines is 1. The molecule has 2 unspecified atom stereocenters. The van der Waals surface area contributed by atoms with E-state index in [9.17, 15) is 4.79 Å². The van der Waals surface area contributed by atoms with Crippen molar-refractivity contribution in [3.63, 3.8) is 0 Å². The topological polar surface area (TPSA) is 51.4 Å². The Labute approximate surface area is 186 Å². The fourth-order valence-electron chi connectivity index (χ4n) is 6.26. The first-order chi connectivity index (χ1) is 15.3. The van der Waals surface area contributed by atoms with Crippen LogP contribution >= 0.6 is 0 Å². The molecule has 0 spiro atoms. The molecule has 168 valence electrons. The summed E-state index contributed by atoms with van der Waals surface area (Å²) in [6.07, 6.45) is 13.4. The first kappa shape index (κ1) is 21.0. The predicted octanol–water partition coefficient (Wildman–Crippen LogP) is 4.26. The summed E-state index contributed by atoms with van der Waals surface area (Å²) in [5, 5.41) is 4.75. The third-order valence-electron chi connectivity index (χ3n) is 7.96. The lowest BCUT2D eigenvalue weighted by molar-refractivity contribution is -0.123. The van der Waals surface area contributed by atoms with Crippen LogP contribution < -0.4 is 5.32 Å². The van der Waals surface area contributed by atoms with E-state index in [1.807, 2.05) is 0 Å². The Hall–Kier alpha value is -1.85. The number of hydrogen-bond donors (Lipinski definition) is 2. The fraction of sp³-hybridized carbons (Fsp3) is 0.654. The molecule has 0 bridgehead atoms. The molecule has 2 aromatic rings. The number of H-pyrrole nitrogens is 1. The number of benzene rings is 1. The molecule has 31 heavy (non-hydrogen) atoms. The van der Waals surface area contributed by atoms with Crippen LogP contribution in [0.4, 0.5) is 0 Å². The van der Waals surface area contributed by atoms with Gasteiger partial charge in [-0.2, -0.15) is 0 Å². The summed E-state index contributed by atoms with van der Waals surface area (Å²) in [5.74, 6) is 0.631. The highest BCUT2D eigenvalue weighted by Crippen LogP contribution is 2.36. The minimum atomic E-state index is 0.216. The monoisotopic (exact) mass is 422 g/mol. The van der Waals surface area contributed by atoms with Gasteiger partial charge in [0, 0.05) is 48.2 Å². The summed E-state index contributed by atoms with van der Waals surface area (Å²) in [4.78, 5) is 21.5. The number of aromatic nitrogens is 1. The molecule has 1 aromatic carbocycles. The van der Waals surface area contributed by atoms with Gasteiger partial charge < -0.3 is 15.2 Å². The zero-order valence-corrected chi connectivity index (χ0v) is 18.8. The lowest BCUT2D eigenvalue weighted by Crippen LogP contribution is -2.50. The van der Waals surface area contributed by atoms with E-state index in [0.717, 1.165) is 32.0 Å². The van der Waals surface area contributed by atoms with Crippen molar-refractivity contribution in [2.24, 2.45) is 0 Å². The zero-order valence-electron chi connectivity index (χ0n) is 18.8. The van der Waals surface area contributed by atoms with E-state index in [0.29, 0.717) is 12.5 Å². The lowest BCUT2D eigenvalue weighted by Gasteiger charge is -2.40. The molecule has 3 aliphatic rings. The van der Waals surface area contributed by atoms with Crippen molar-refractivity contribution in [1.29, 1.82) is 0 Å². The van der Waals surface area contributed by atoms with Crippen LogP contribution in [0.5, 0.6) is 0 Å². The second kappa shape index (κ2) is 9.74. The van der Waals surface area contributed by atoms with Crippen LogP contribution in [-0.2, 0) is 4.79 Å². The van der Waals surface area contributed by atoms with Crippen LogP contribution in [0.3, 0.4) is 0 Å². The molecule has 2 aliphatic heterocycles. The molecule has 1 aliphatic carbocycles. The largest absolute Gasteiger partial charge is 0.361 e. The standard InChI is InChI=1S/C26H38N4O/c31-26(19-29-16-12-20(13-17-29)30-14-6-1-7-15-30)28-25-11-5-3-9-22(25)23-18-27-24-10-4-2-8-21(23)24/h2,4,8,10,18,20,22,25,27H,1,3,5-7,9,11-17,19H2,(H,28,31). The molecule has 2 saturated heterocycles. The van der Waals surface area contributed by atoms with E-state index in [1.165, 1.54) is 74.5 Å². The summed E-state index contributed by atoms with van der Waals surface area (Å²) in [6, 6.07) is 9.54. The van der Waals surface area contributed by atoms with Crippen molar-refractivity contribution in [2.75, 3.05) is 32.7 Å². The number of piperidine rings is 2. The zero-order chi connectivity index (χ0) is 21.0. The molecular weight excluding hydrogens is 384 g/mol. The molecule has 5 heteroatoms. The first-order valence-electron chi connectivity index (χ1n) is 12.6. The number of carbonyl (C=O) groups excluding carboxylic acids is 1. The number of hydrogen-bond acceptors (Lipinski definition) is 3. The van der Waals surface area contributed by atoms with Crippen molar-refractivity contribution in [3.8, 4) is 0 Å². The van der Waals surface area contributed by atoms with Gasteiger partial charge in [-0.15, -0.1) is 0 Å². The maximum Gasteiger partial charge on any atom is 0.234 e. The molecule has 0 radical (unpaired) electrons. The number of fused-ring (bicyclic) bond motifs is 1. The predicted molar refractivity (Wildman–Crippen MR) is 126 cm³/mol. The number of carbonyl (C=O) groups is 1. The molecule has 2 N–H and O–H groups in total. The van der Waals surface area contributed by atoms with Gasteiger partial charge in [0.05, 0.1) is 6.54 Å². The molecule has 5 rings (SSSR count). The molecule has 1 aromatic heterocycles. The van der Waals surface area contributed by atoms with E-state index in [2.05, 4.69) is 50.6 Å². The quantitative estimate of drug-likeness (QED) is 0.757. The summed E-state index contributed by atoms with van der Waals surface area (Å²) in [6.45, 7) is 5.24. The van der Waals surface area contributed by atoms with Gasteiger partial charge in [-0.25, -0.2) is 0 Å². The number of likely N-dealkylation sites (tertiary alicyclic amines) is 2. The maximum absolute atomic E-state index is 13.0. The van der Waals surface area contributed by atoms with E-state index in [4.69, 9.17) is 0 Å². The van der Waals surface area contributed by atoms with Crippen molar-refractivity contribution >= 4 is 16.8 Å². The summed E-state index contributed by atoms with van der Waals surface area (Å²) < 4.78 is 0. The van der Waals surface area contributed by atoms with E-state index in [1.54, 1.807) is 0 Å². The Bertz CT molecular complexity index is 863. The van der Waals surface area contributed by atoms with Crippen LogP contribution in [0.2, 0.25) is 0 Å².